The Hall–Kier alpha value is -2.78. The van der Waals surface area contributed by atoms with Crippen LogP contribution in [-0.2, 0) is 26.2 Å². The van der Waals surface area contributed by atoms with Crippen LogP contribution < -0.4 is 10.2 Å². The number of benzene rings is 1. The Morgan fingerprint density at radius 2 is 1.82 bits per heavy atom. The van der Waals surface area contributed by atoms with E-state index in [2.05, 4.69) is 10.3 Å². The van der Waals surface area contributed by atoms with Crippen LogP contribution in [0.4, 0.5) is 5.69 Å². The molecule has 1 N–H and O–H groups in total. The summed E-state index contributed by atoms with van der Waals surface area (Å²) >= 11 is 0. The smallest absolute Gasteiger partial charge is 0.242 e. The second kappa shape index (κ2) is 8.07. The van der Waals surface area contributed by atoms with Crippen molar-refractivity contribution in [2.75, 3.05) is 25.5 Å². The number of carbonyl (C=O) groups excluding carboxylic acids is 2. The molecule has 8 nitrogen and oxygen atoms in total. The van der Waals surface area contributed by atoms with Crippen LogP contribution in [0.2, 0.25) is 0 Å². The zero-order chi connectivity index (χ0) is 20.3. The highest BCUT2D eigenvalue weighted by atomic mass is 32.2. The van der Waals surface area contributed by atoms with E-state index in [1.54, 1.807) is 24.5 Å². The average molecular weight is 402 g/mol. The summed E-state index contributed by atoms with van der Waals surface area (Å²) in [5.74, 6) is -0.786. The summed E-state index contributed by atoms with van der Waals surface area (Å²) in [6.45, 7) is 0.643. The lowest BCUT2D eigenvalue weighted by atomic mass is 10.1. The molecule has 1 atom stereocenters. The third kappa shape index (κ3) is 4.20. The third-order valence-electron chi connectivity index (χ3n) is 4.64. The van der Waals surface area contributed by atoms with E-state index in [1.165, 1.54) is 31.1 Å². The van der Waals surface area contributed by atoms with Gasteiger partial charge in [-0.1, -0.05) is 0 Å². The number of pyridine rings is 1. The van der Waals surface area contributed by atoms with E-state index >= 15 is 0 Å². The van der Waals surface area contributed by atoms with Gasteiger partial charge < -0.3 is 10.2 Å². The first-order chi connectivity index (χ1) is 13.3. The van der Waals surface area contributed by atoms with E-state index in [0.29, 0.717) is 12.2 Å². The van der Waals surface area contributed by atoms with Crippen molar-refractivity contribution in [3.05, 3.63) is 54.4 Å². The number of sulfonamides is 1. The summed E-state index contributed by atoms with van der Waals surface area (Å²) in [6, 6.07) is 9.74. The quantitative estimate of drug-likeness (QED) is 0.777. The first-order valence-corrected chi connectivity index (χ1v) is 10.2. The van der Waals surface area contributed by atoms with Gasteiger partial charge in [-0.05, 0) is 42.0 Å². The highest BCUT2D eigenvalue weighted by Crippen LogP contribution is 2.27. The van der Waals surface area contributed by atoms with Crippen LogP contribution in [0.1, 0.15) is 12.0 Å². The number of nitrogens with one attached hydrogen (secondary N) is 1. The van der Waals surface area contributed by atoms with Gasteiger partial charge in [-0.25, -0.2) is 12.7 Å². The summed E-state index contributed by atoms with van der Waals surface area (Å²) in [5.41, 5.74) is 1.51. The minimum atomic E-state index is -3.53. The Morgan fingerprint density at radius 1 is 1.18 bits per heavy atom. The molecule has 2 amide bonds. The van der Waals surface area contributed by atoms with Crippen LogP contribution in [0.3, 0.4) is 0 Å². The monoisotopic (exact) mass is 402 g/mol. The van der Waals surface area contributed by atoms with Crippen LogP contribution >= 0.6 is 0 Å². The first-order valence-electron chi connectivity index (χ1n) is 8.78. The van der Waals surface area contributed by atoms with Crippen LogP contribution in [0.5, 0.6) is 0 Å². The number of hydrogen-bond acceptors (Lipinski definition) is 5. The van der Waals surface area contributed by atoms with Crippen molar-refractivity contribution in [2.24, 2.45) is 5.92 Å². The molecule has 1 aliphatic heterocycles. The molecular weight excluding hydrogens is 380 g/mol. The Morgan fingerprint density at radius 3 is 2.43 bits per heavy atom. The van der Waals surface area contributed by atoms with Crippen LogP contribution in [0.25, 0.3) is 0 Å². The maximum absolute atomic E-state index is 12.4. The lowest BCUT2D eigenvalue weighted by Gasteiger charge is -2.18. The molecule has 9 heteroatoms. The van der Waals surface area contributed by atoms with Gasteiger partial charge in [0.05, 0.1) is 10.8 Å². The van der Waals surface area contributed by atoms with Crippen molar-refractivity contribution in [2.45, 2.75) is 17.9 Å². The molecule has 28 heavy (non-hydrogen) atoms. The Kier molecular flexibility index (Phi) is 5.76. The summed E-state index contributed by atoms with van der Waals surface area (Å²) in [6.07, 6.45) is 3.44. The second-order valence-electron chi connectivity index (χ2n) is 6.76. The highest BCUT2D eigenvalue weighted by molar-refractivity contribution is 7.89. The van der Waals surface area contributed by atoms with Gasteiger partial charge in [0.1, 0.15) is 0 Å². The summed E-state index contributed by atoms with van der Waals surface area (Å²) in [5, 5.41) is 2.84. The highest BCUT2D eigenvalue weighted by Gasteiger charge is 2.35. The molecule has 0 aliphatic carbocycles. The molecule has 2 heterocycles. The number of amides is 2. The molecule has 1 aromatic heterocycles. The number of aromatic nitrogens is 1. The molecule has 1 saturated heterocycles. The summed E-state index contributed by atoms with van der Waals surface area (Å²) < 4.78 is 25.4. The normalized spacial score (nSPS) is 17.2. The average Bonchev–Trinajstić information content (AvgIpc) is 3.08. The van der Waals surface area contributed by atoms with Crippen molar-refractivity contribution in [3.8, 4) is 0 Å². The molecule has 0 radical (unpaired) electrons. The SMILES string of the molecule is CN(C)S(=O)(=O)c1ccc(N2C[C@H](C(=O)NCc3ccncc3)CC2=O)cc1. The van der Waals surface area contributed by atoms with Gasteiger partial charge >= 0.3 is 0 Å². The fraction of sp³-hybridized carbons (Fsp3) is 0.316. The third-order valence-corrected chi connectivity index (χ3v) is 6.47. The molecule has 1 aliphatic rings. The fourth-order valence-electron chi connectivity index (χ4n) is 2.98. The Bertz CT molecular complexity index is 959. The van der Waals surface area contributed by atoms with Gasteiger partial charge in [0.2, 0.25) is 21.8 Å². The number of nitrogens with zero attached hydrogens (tertiary/aromatic N) is 3. The van der Waals surface area contributed by atoms with E-state index in [0.717, 1.165) is 9.87 Å². The van der Waals surface area contributed by atoms with Crippen molar-refractivity contribution in [3.63, 3.8) is 0 Å². The van der Waals surface area contributed by atoms with Gasteiger partial charge in [0.25, 0.3) is 0 Å². The molecular formula is C19H22N4O4S. The maximum Gasteiger partial charge on any atom is 0.242 e. The topological polar surface area (TPSA) is 99.7 Å². The van der Waals surface area contributed by atoms with Crippen LogP contribution in [-0.4, -0.2) is 50.2 Å². The molecule has 148 valence electrons. The van der Waals surface area contributed by atoms with Gasteiger partial charge in [0, 0.05) is 51.7 Å². The lowest BCUT2D eigenvalue weighted by Crippen LogP contribution is -2.32. The molecule has 1 fully saturated rings. The van der Waals surface area contributed by atoms with Crippen molar-refractivity contribution in [1.29, 1.82) is 0 Å². The summed E-state index contributed by atoms with van der Waals surface area (Å²) in [4.78, 5) is 30.4. The van der Waals surface area contributed by atoms with E-state index in [1.807, 2.05) is 12.1 Å². The van der Waals surface area contributed by atoms with E-state index < -0.39 is 15.9 Å². The number of anilines is 1. The standard InChI is InChI=1S/C19H22N4O4S/c1-22(2)28(26,27)17-5-3-16(4-6-17)23-13-15(11-18(23)24)19(25)21-12-14-7-9-20-10-8-14/h3-10,15H,11-13H2,1-2H3,(H,21,25)/t15-/m1/s1. The largest absolute Gasteiger partial charge is 0.352 e. The Balaban J connectivity index is 1.65. The maximum atomic E-state index is 12.4. The molecule has 0 bridgehead atoms. The zero-order valence-electron chi connectivity index (χ0n) is 15.7. The van der Waals surface area contributed by atoms with E-state index in [9.17, 15) is 18.0 Å². The molecule has 0 spiro atoms. The van der Waals surface area contributed by atoms with Gasteiger partial charge in [-0.3, -0.25) is 14.6 Å². The van der Waals surface area contributed by atoms with Gasteiger partial charge in [0.15, 0.2) is 0 Å². The van der Waals surface area contributed by atoms with E-state index in [4.69, 9.17) is 0 Å². The van der Waals surface area contributed by atoms with Crippen LogP contribution in [0.15, 0.2) is 53.7 Å². The minimum absolute atomic E-state index is 0.125. The van der Waals surface area contributed by atoms with Crippen molar-refractivity contribution < 1.29 is 18.0 Å². The number of carbonyl (C=O) groups is 2. The number of rotatable bonds is 6. The van der Waals surface area contributed by atoms with Gasteiger partial charge in [-0.2, -0.15) is 0 Å². The predicted octanol–water partition coefficient (Wildman–Crippen LogP) is 1.00. The molecule has 2 aromatic rings. The van der Waals surface area contributed by atoms with Crippen molar-refractivity contribution in [1.82, 2.24) is 14.6 Å². The molecule has 0 unspecified atom stereocenters. The van der Waals surface area contributed by atoms with Gasteiger partial charge in [-0.15, -0.1) is 0 Å². The Labute approximate surface area is 164 Å². The minimum Gasteiger partial charge on any atom is -0.352 e. The van der Waals surface area contributed by atoms with Crippen LogP contribution in [0, 0.1) is 5.92 Å². The lowest BCUT2D eigenvalue weighted by molar-refractivity contribution is -0.126. The number of hydrogen-bond donors (Lipinski definition) is 1. The van der Waals surface area contributed by atoms with E-state index in [-0.39, 0.29) is 29.7 Å². The molecule has 1 aromatic carbocycles. The summed E-state index contributed by atoms with van der Waals surface area (Å²) in [7, 11) is -0.606. The van der Waals surface area contributed by atoms with Crippen molar-refractivity contribution >= 4 is 27.5 Å². The first kappa shape index (κ1) is 20.0. The molecule has 0 saturated carbocycles. The second-order valence-corrected chi connectivity index (χ2v) is 8.91. The fourth-order valence-corrected chi connectivity index (χ4v) is 3.88. The zero-order valence-corrected chi connectivity index (χ0v) is 16.5. The predicted molar refractivity (Wildman–Crippen MR) is 104 cm³/mol. The molecule has 3 rings (SSSR count).